The zero-order valence-electron chi connectivity index (χ0n) is 18.8. The topological polar surface area (TPSA) is 60.0 Å². The molecule has 30 heavy (non-hydrogen) atoms. The second kappa shape index (κ2) is 11.9. The first-order valence-electron chi connectivity index (χ1n) is 11.7. The van der Waals surface area contributed by atoms with Gasteiger partial charge in [-0.05, 0) is 56.8 Å². The fraction of sp³-hybridized carbons (Fsp3) is 0.667. The molecule has 6 heteroatoms. The van der Waals surface area contributed by atoms with Gasteiger partial charge in [0.2, 0.25) is 5.91 Å². The van der Waals surface area contributed by atoms with Gasteiger partial charge in [0.05, 0.1) is 0 Å². The van der Waals surface area contributed by atoms with Crippen LogP contribution < -0.4 is 10.6 Å². The van der Waals surface area contributed by atoms with Gasteiger partial charge in [0.15, 0.2) is 5.96 Å². The smallest absolute Gasteiger partial charge is 0.223 e. The van der Waals surface area contributed by atoms with Crippen LogP contribution in [0.3, 0.4) is 0 Å². The monoisotopic (exact) mass is 413 g/mol. The van der Waals surface area contributed by atoms with E-state index >= 15 is 0 Å². The van der Waals surface area contributed by atoms with Crippen molar-refractivity contribution in [1.82, 2.24) is 20.4 Å². The Morgan fingerprint density at radius 1 is 1.07 bits per heavy atom. The Morgan fingerprint density at radius 3 is 2.43 bits per heavy atom. The van der Waals surface area contributed by atoms with Crippen LogP contribution in [0.5, 0.6) is 0 Å². The van der Waals surface area contributed by atoms with Gasteiger partial charge in [-0.15, -0.1) is 0 Å². The molecule has 0 bridgehead atoms. The van der Waals surface area contributed by atoms with E-state index in [1.165, 1.54) is 44.5 Å². The Hall–Kier alpha value is -2.08. The molecule has 1 aromatic rings. The summed E-state index contributed by atoms with van der Waals surface area (Å²) in [6.45, 7) is 9.34. The Labute approximate surface area is 182 Å². The van der Waals surface area contributed by atoms with Crippen molar-refractivity contribution < 1.29 is 4.79 Å². The molecule has 0 radical (unpaired) electrons. The zero-order chi connectivity index (χ0) is 21.2. The van der Waals surface area contributed by atoms with Gasteiger partial charge in [0, 0.05) is 45.6 Å². The van der Waals surface area contributed by atoms with E-state index in [1.54, 1.807) is 0 Å². The quantitative estimate of drug-likeness (QED) is 0.482. The van der Waals surface area contributed by atoms with Crippen molar-refractivity contribution in [3.8, 4) is 0 Å². The molecule has 2 heterocycles. The highest BCUT2D eigenvalue weighted by atomic mass is 16.2. The van der Waals surface area contributed by atoms with Crippen LogP contribution in [0.1, 0.15) is 38.2 Å². The van der Waals surface area contributed by atoms with Crippen molar-refractivity contribution in [3.05, 3.63) is 35.9 Å². The van der Waals surface area contributed by atoms with Crippen molar-refractivity contribution >= 4 is 11.9 Å². The number of piperidine rings is 1. The molecule has 0 aliphatic carbocycles. The van der Waals surface area contributed by atoms with Gasteiger partial charge in [-0.1, -0.05) is 37.3 Å². The lowest BCUT2D eigenvalue weighted by molar-refractivity contribution is -0.127. The number of guanidine groups is 1. The van der Waals surface area contributed by atoms with E-state index < -0.39 is 0 Å². The summed E-state index contributed by atoms with van der Waals surface area (Å²) in [5.41, 5.74) is 1.29. The maximum absolute atomic E-state index is 12.4. The van der Waals surface area contributed by atoms with Crippen molar-refractivity contribution in [2.24, 2.45) is 16.8 Å². The van der Waals surface area contributed by atoms with E-state index in [9.17, 15) is 4.79 Å². The number of likely N-dealkylation sites (tertiary alicyclic amines) is 2. The minimum Gasteiger partial charge on any atom is -0.356 e. The summed E-state index contributed by atoms with van der Waals surface area (Å²) in [5, 5.41) is 6.95. The van der Waals surface area contributed by atoms with Crippen LogP contribution in [0.2, 0.25) is 0 Å². The predicted molar refractivity (Wildman–Crippen MR) is 124 cm³/mol. The maximum Gasteiger partial charge on any atom is 0.223 e. The molecule has 0 spiro atoms. The Kier molecular flexibility index (Phi) is 9.00. The van der Waals surface area contributed by atoms with Gasteiger partial charge in [0.1, 0.15) is 0 Å². The maximum atomic E-state index is 12.4. The molecule has 2 aliphatic heterocycles. The number of carbonyl (C=O) groups is 1. The number of aliphatic imine (C=N–C) groups is 1. The Balaban J connectivity index is 1.33. The zero-order valence-corrected chi connectivity index (χ0v) is 18.8. The largest absolute Gasteiger partial charge is 0.356 e. The second-order valence-electron chi connectivity index (χ2n) is 8.76. The first-order valence-corrected chi connectivity index (χ1v) is 11.7. The number of hydrogen-bond acceptors (Lipinski definition) is 3. The van der Waals surface area contributed by atoms with Crippen molar-refractivity contribution in [2.75, 3.05) is 52.9 Å². The van der Waals surface area contributed by atoms with E-state index in [-0.39, 0.29) is 5.91 Å². The lowest BCUT2D eigenvalue weighted by Crippen LogP contribution is -2.44. The second-order valence-corrected chi connectivity index (χ2v) is 8.76. The molecule has 0 aromatic heterocycles. The van der Waals surface area contributed by atoms with E-state index in [0.29, 0.717) is 12.3 Å². The molecule has 2 fully saturated rings. The third-order valence-electron chi connectivity index (χ3n) is 6.39. The molecule has 166 valence electrons. The first-order chi connectivity index (χ1) is 14.7. The highest BCUT2D eigenvalue weighted by Gasteiger charge is 2.29. The minimum atomic E-state index is 0.277. The van der Waals surface area contributed by atoms with Gasteiger partial charge >= 0.3 is 0 Å². The first kappa shape index (κ1) is 22.6. The fourth-order valence-electron chi connectivity index (χ4n) is 4.55. The molecule has 1 aromatic carbocycles. The van der Waals surface area contributed by atoms with Crippen molar-refractivity contribution in [2.45, 2.75) is 39.0 Å². The van der Waals surface area contributed by atoms with Crippen LogP contribution in [0, 0.1) is 11.8 Å². The normalized spacial score (nSPS) is 21.3. The summed E-state index contributed by atoms with van der Waals surface area (Å²) in [6.07, 6.45) is 5.32. The van der Waals surface area contributed by atoms with Crippen molar-refractivity contribution in [3.63, 3.8) is 0 Å². The molecular weight excluding hydrogens is 374 g/mol. The lowest BCUT2D eigenvalue weighted by atomic mass is 9.97. The number of carbonyl (C=O) groups excluding carboxylic acids is 1. The third-order valence-corrected chi connectivity index (χ3v) is 6.39. The molecule has 1 unspecified atom stereocenters. The summed E-state index contributed by atoms with van der Waals surface area (Å²) in [4.78, 5) is 21.3. The summed E-state index contributed by atoms with van der Waals surface area (Å²) >= 11 is 0. The molecule has 1 atom stereocenters. The van der Waals surface area contributed by atoms with Gasteiger partial charge in [-0.3, -0.25) is 9.79 Å². The Morgan fingerprint density at radius 2 is 1.77 bits per heavy atom. The summed E-state index contributed by atoms with van der Waals surface area (Å²) in [5.74, 6) is 2.21. The van der Waals surface area contributed by atoms with Crippen LogP contribution in [0.15, 0.2) is 35.3 Å². The Bertz CT molecular complexity index is 669. The standard InChI is InChI=1S/C24H39N5O/c1-3-12-28-13-9-21(10-14-28)17-26-24(25-2)27-18-22-16-23(30)29(19-22)15-11-20-7-5-4-6-8-20/h4-8,21-22H,3,9-19H2,1-2H3,(H2,25,26,27). The molecule has 6 nitrogen and oxygen atoms in total. The van der Waals surface area contributed by atoms with Crippen molar-refractivity contribution in [1.29, 1.82) is 0 Å². The summed E-state index contributed by atoms with van der Waals surface area (Å²) < 4.78 is 0. The van der Waals surface area contributed by atoms with Gasteiger partial charge in [-0.2, -0.15) is 0 Å². The highest BCUT2D eigenvalue weighted by molar-refractivity contribution is 5.80. The van der Waals surface area contributed by atoms with Crippen LogP contribution >= 0.6 is 0 Å². The van der Waals surface area contributed by atoms with E-state index in [2.05, 4.69) is 51.7 Å². The van der Waals surface area contributed by atoms with E-state index in [1.807, 2.05) is 18.0 Å². The number of hydrogen-bond donors (Lipinski definition) is 2. The number of benzene rings is 1. The van der Waals surface area contributed by atoms with Gasteiger partial charge in [0.25, 0.3) is 0 Å². The molecule has 0 saturated carbocycles. The van der Waals surface area contributed by atoms with Gasteiger partial charge in [-0.25, -0.2) is 0 Å². The number of amides is 1. The SMILES string of the molecule is CCCN1CCC(CNC(=NC)NCC2CC(=O)N(CCc3ccccc3)C2)CC1. The summed E-state index contributed by atoms with van der Waals surface area (Å²) in [7, 11) is 1.82. The van der Waals surface area contributed by atoms with Crippen LogP contribution in [-0.2, 0) is 11.2 Å². The van der Waals surface area contributed by atoms with E-state index in [4.69, 9.17) is 0 Å². The number of nitrogens with one attached hydrogen (secondary N) is 2. The number of nitrogens with zero attached hydrogens (tertiary/aromatic N) is 3. The van der Waals surface area contributed by atoms with Crippen LogP contribution in [-0.4, -0.2) is 74.5 Å². The molecule has 2 N–H and O–H groups in total. The molecule has 2 saturated heterocycles. The van der Waals surface area contributed by atoms with Gasteiger partial charge < -0.3 is 20.4 Å². The third kappa shape index (κ3) is 7.01. The van der Waals surface area contributed by atoms with Crippen LogP contribution in [0.25, 0.3) is 0 Å². The lowest BCUT2D eigenvalue weighted by Gasteiger charge is -2.32. The number of rotatable bonds is 9. The fourth-order valence-corrected chi connectivity index (χ4v) is 4.55. The average Bonchev–Trinajstić information content (AvgIpc) is 3.14. The minimum absolute atomic E-state index is 0.277. The average molecular weight is 414 g/mol. The van der Waals surface area contributed by atoms with E-state index in [0.717, 1.165) is 44.5 Å². The highest BCUT2D eigenvalue weighted by Crippen LogP contribution is 2.18. The van der Waals surface area contributed by atoms with Crippen LogP contribution in [0.4, 0.5) is 0 Å². The molecule has 1 amide bonds. The molecule has 3 rings (SSSR count). The summed E-state index contributed by atoms with van der Waals surface area (Å²) in [6, 6.07) is 10.4. The predicted octanol–water partition coefficient (Wildman–Crippen LogP) is 2.36. The molecular formula is C24H39N5O. The molecule has 2 aliphatic rings.